The van der Waals surface area contributed by atoms with E-state index in [0.717, 1.165) is 6.07 Å². The Morgan fingerprint density at radius 1 is 1.23 bits per heavy atom. The van der Waals surface area contributed by atoms with Crippen LogP contribution in [0, 0.1) is 6.92 Å². The second-order valence-electron chi connectivity index (χ2n) is 5.86. The molecule has 0 aliphatic heterocycles. The highest BCUT2D eigenvalue weighted by Gasteiger charge is 2.30. The fraction of sp³-hybridized carbons (Fsp3) is 0.375. The molecule has 7 nitrogen and oxygen atoms in total. The number of carbonyl (C=O) groups is 2. The third-order valence-corrected chi connectivity index (χ3v) is 3.41. The Bertz CT molecular complexity index is 797. The molecule has 2 aromatic rings. The number of alkyl halides is 3. The third kappa shape index (κ3) is 4.58. The topological polar surface area (TPSA) is 88.9 Å². The van der Waals surface area contributed by atoms with Crippen molar-refractivity contribution in [1.29, 1.82) is 0 Å². The molecule has 0 radical (unpaired) electrons. The SMILES string of the molecule is Cc1c(C(=O)NCC(=O)NC(C)C)cnn1-c1ccc(C(F)(F)F)cn1. The Kier molecular flexibility index (Phi) is 5.63. The maximum Gasteiger partial charge on any atom is 0.417 e. The Morgan fingerprint density at radius 3 is 2.46 bits per heavy atom. The van der Waals surface area contributed by atoms with Gasteiger partial charge in [-0.25, -0.2) is 9.67 Å². The minimum Gasteiger partial charge on any atom is -0.352 e. The van der Waals surface area contributed by atoms with Gasteiger partial charge in [-0.3, -0.25) is 9.59 Å². The zero-order valence-electron chi connectivity index (χ0n) is 14.4. The number of pyridine rings is 1. The van der Waals surface area contributed by atoms with Gasteiger partial charge in [0, 0.05) is 12.2 Å². The fourth-order valence-corrected chi connectivity index (χ4v) is 2.17. The van der Waals surface area contributed by atoms with Crippen molar-refractivity contribution in [2.75, 3.05) is 6.54 Å². The van der Waals surface area contributed by atoms with Gasteiger partial charge in [-0.05, 0) is 32.9 Å². The summed E-state index contributed by atoms with van der Waals surface area (Å²) in [7, 11) is 0. The lowest BCUT2D eigenvalue weighted by Gasteiger charge is -2.09. The van der Waals surface area contributed by atoms with E-state index in [1.54, 1.807) is 20.8 Å². The smallest absolute Gasteiger partial charge is 0.352 e. The van der Waals surface area contributed by atoms with E-state index in [9.17, 15) is 22.8 Å². The zero-order valence-corrected chi connectivity index (χ0v) is 14.4. The summed E-state index contributed by atoms with van der Waals surface area (Å²) in [6, 6.07) is 2.01. The van der Waals surface area contributed by atoms with Crippen LogP contribution in [0.4, 0.5) is 13.2 Å². The Labute approximate surface area is 147 Å². The molecular formula is C16H18F3N5O2. The minimum atomic E-state index is -4.48. The predicted octanol–water partition coefficient (Wildman–Crippen LogP) is 1.85. The molecule has 2 aromatic heterocycles. The van der Waals surface area contributed by atoms with Crippen LogP contribution in [0.15, 0.2) is 24.5 Å². The first kappa shape index (κ1) is 19.4. The largest absolute Gasteiger partial charge is 0.417 e. The van der Waals surface area contributed by atoms with Crippen molar-refractivity contribution in [3.63, 3.8) is 0 Å². The number of halogens is 3. The summed E-state index contributed by atoms with van der Waals surface area (Å²) >= 11 is 0. The maximum absolute atomic E-state index is 12.6. The molecule has 0 bridgehead atoms. The molecule has 2 N–H and O–H groups in total. The summed E-state index contributed by atoms with van der Waals surface area (Å²) in [5.41, 5.74) is -0.289. The summed E-state index contributed by atoms with van der Waals surface area (Å²) in [6.45, 7) is 4.98. The van der Waals surface area contributed by atoms with Crippen LogP contribution in [0.5, 0.6) is 0 Å². The number of rotatable bonds is 5. The van der Waals surface area contributed by atoms with Crippen LogP contribution in [0.2, 0.25) is 0 Å². The first-order valence-electron chi connectivity index (χ1n) is 7.75. The van der Waals surface area contributed by atoms with Gasteiger partial charge in [-0.15, -0.1) is 0 Å². The molecular weight excluding hydrogens is 351 g/mol. The maximum atomic E-state index is 12.6. The highest BCUT2D eigenvalue weighted by molar-refractivity contribution is 5.97. The van der Waals surface area contributed by atoms with E-state index in [2.05, 4.69) is 20.7 Å². The number of aromatic nitrogens is 3. The van der Waals surface area contributed by atoms with Gasteiger partial charge in [0.25, 0.3) is 5.91 Å². The summed E-state index contributed by atoms with van der Waals surface area (Å²) < 4.78 is 39.0. The third-order valence-electron chi connectivity index (χ3n) is 3.41. The molecule has 0 fully saturated rings. The predicted molar refractivity (Wildman–Crippen MR) is 86.7 cm³/mol. The molecule has 10 heteroatoms. The summed E-state index contributed by atoms with van der Waals surface area (Å²) in [6.07, 6.45) is -2.51. The molecule has 0 unspecified atom stereocenters. The number of nitrogens with one attached hydrogen (secondary N) is 2. The van der Waals surface area contributed by atoms with E-state index in [0.29, 0.717) is 11.9 Å². The molecule has 140 valence electrons. The molecule has 0 saturated carbocycles. The first-order valence-corrected chi connectivity index (χ1v) is 7.75. The number of hydrogen-bond acceptors (Lipinski definition) is 4. The Hall–Kier alpha value is -2.91. The van der Waals surface area contributed by atoms with E-state index in [-0.39, 0.29) is 29.9 Å². The van der Waals surface area contributed by atoms with Crippen molar-refractivity contribution in [3.8, 4) is 5.82 Å². The van der Waals surface area contributed by atoms with Crippen LogP contribution in [0.3, 0.4) is 0 Å². The minimum absolute atomic E-state index is 0.0466. The number of amides is 2. The van der Waals surface area contributed by atoms with Gasteiger partial charge < -0.3 is 10.6 Å². The van der Waals surface area contributed by atoms with Gasteiger partial charge in [0.15, 0.2) is 5.82 Å². The zero-order chi connectivity index (χ0) is 19.5. The number of carbonyl (C=O) groups excluding carboxylic acids is 2. The summed E-state index contributed by atoms with van der Waals surface area (Å²) in [5, 5.41) is 9.09. The van der Waals surface area contributed by atoms with E-state index in [1.165, 1.54) is 16.9 Å². The highest BCUT2D eigenvalue weighted by atomic mass is 19.4. The molecule has 26 heavy (non-hydrogen) atoms. The van der Waals surface area contributed by atoms with Crippen molar-refractivity contribution in [1.82, 2.24) is 25.4 Å². The van der Waals surface area contributed by atoms with Gasteiger partial charge in [-0.1, -0.05) is 0 Å². The average Bonchev–Trinajstić information content (AvgIpc) is 2.93. The lowest BCUT2D eigenvalue weighted by atomic mass is 10.2. The molecule has 0 aliphatic rings. The van der Waals surface area contributed by atoms with E-state index < -0.39 is 17.6 Å². The lowest BCUT2D eigenvalue weighted by Crippen LogP contribution is -2.39. The highest BCUT2D eigenvalue weighted by Crippen LogP contribution is 2.28. The van der Waals surface area contributed by atoms with E-state index in [1.807, 2.05) is 0 Å². The van der Waals surface area contributed by atoms with Crippen molar-refractivity contribution >= 4 is 11.8 Å². The van der Waals surface area contributed by atoms with Crippen LogP contribution in [-0.2, 0) is 11.0 Å². The Morgan fingerprint density at radius 2 is 1.92 bits per heavy atom. The molecule has 0 aliphatic carbocycles. The second kappa shape index (κ2) is 7.54. The second-order valence-corrected chi connectivity index (χ2v) is 5.86. The van der Waals surface area contributed by atoms with Crippen LogP contribution in [-0.4, -0.2) is 39.2 Å². The molecule has 2 amide bonds. The summed E-state index contributed by atoms with van der Waals surface area (Å²) in [4.78, 5) is 27.5. The molecule has 2 heterocycles. The molecule has 0 aromatic carbocycles. The lowest BCUT2D eigenvalue weighted by molar-refractivity contribution is -0.137. The van der Waals surface area contributed by atoms with Crippen LogP contribution >= 0.6 is 0 Å². The van der Waals surface area contributed by atoms with Gasteiger partial charge in [-0.2, -0.15) is 18.3 Å². The van der Waals surface area contributed by atoms with Crippen molar-refractivity contribution in [3.05, 3.63) is 41.3 Å². The quantitative estimate of drug-likeness (QED) is 0.842. The van der Waals surface area contributed by atoms with Crippen molar-refractivity contribution in [2.24, 2.45) is 0 Å². The average molecular weight is 369 g/mol. The van der Waals surface area contributed by atoms with Crippen LogP contribution < -0.4 is 10.6 Å². The van der Waals surface area contributed by atoms with Gasteiger partial charge in [0.2, 0.25) is 5.91 Å². The van der Waals surface area contributed by atoms with Crippen molar-refractivity contribution < 1.29 is 22.8 Å². The van der Waals surface area contributed by atoms with Gasteiger partial charge in [0.05, 0.1) is 29.6 Å². The standard InChI is InChI=1S/C16H18F3N5O2/c1-9(2)23-14(25)8-21-15(26)12-7-22-24(10(12)3)13-5-4-11(6-20-13)16(17,18)19/h4-7,9H,8H2,1-3H3,(H,21,26)(H,23,25). The Balaban J connectivity index is 2.12. The van der Waals surface area contributed by atoms with Crippen LogP contribution in [0.25, 0.3) is 5.82 Å². The number of hydrogen-bond donors (Lipinski definition) is 2. The van der Waals surface area contributed by atoms with Gasteiger partial charge >= 0.3 is 6.18 Å². The van der Waals surface area contributed by atoms with Crippen molar-refractivity contribution in [2.45, 2.75) is 33.0 Å². The fourth-order valence-electron chi connectivity index (χ4n) is 2.17. The van der Waals surface area contributed by atoms with E-state index in [4.69, 9.17) is 0 Å². The summed E-state index contributed by atoms with van der Waals surface area (Å²) in [5.74, 6) is -0.700. The van der Waals surface area contributed by atoms with Crippen LogP contribution in [0.1, 0.15) is 35.5 Å². The normalized spacial score (nSPS) is 11.5. The van der Waals surface area contributed by atoms with E-state index >= 15 is 0 Å². The molecule has 0 saturated heterocycles. The monoisotopic (exact) mass is 369 g/mol. The van der Waals surface area contributed by atoms with Gasteiger partial charge in [0.1, 0.15) is 0 Å². The number of nitrogens with zero attached hydrogens (tertiary/aromatic N) is 3. The molecule has 0 spiro atoms. The molecule has 2 rings (SSSR count). The molecule has 0 atom stereocenters. The first-order chi connectivity index (χ1) is 12.1.